The average molecular weight is 499 g/mol. The molecule has 1 amide bonds. The van der Waals surface area contributed by atoms with Crippen LogP contribution in [0.5, 0.6) is 0 Å². The van der Waals surface area contributed by atoms with Gasteiger partial charge in [0.25, 0.3) is 0 Å². The van der Waals surface area contributed by atoms with E-state index in [1.54, 1.807) is 49.4 Å². The molecule has 0 spiro atoms. The van der Waals surface area contributed by atoms with Crippen molar-refractivity contribution in [2.24, 2.45) is 5.92 Å². The second kappa shape index (κ2) is 10.7. The highest BCUT2D eigenvalue weighted by Crippen LogP contribution is 2.26. The lowest BCUT2D eigenvalue weighted by molar-refractivity contribution is -0.120. The van der Waals surface area contributed by atoms with Crippen LogP contribution in [0.25, 0.3) is 0 Å². The highest BCUT2D eigenvalue weighted by atomic mass is 35.5. The molecule has 0 aliphatic carbocycles. The Balaban J connectivity index is 1.57. The number of nitrogens with zero attached hydrogens (tertiary/aromatic N) is 1. The van der Waals surface area contributed by atoms with Crippen LogP contribution in [0, 0.1) is 5.92 Å². The van der Waals surface area contributed by atoms with E-state index < -0.39 is 16.0 Å². The van der Waals surface area contributed by atoms with Gasteiger partial charge in [0.05, 0.1) is 28.0 Å². The van der Waals surface area contributed by atoms with Crippen molar-refractivity contribution in [2.45, 2.75) is 25.5 Å². The lowest BCUT2D eigenvalue weighted by Crippen LogP contribution is -2.41. The highest BCUT2D eigenvalue weighted by molar-refractivity contribution is 7.88. The number of esters is 1. The third-order valence-corrected chi connectivity index (χ3v) is 7.78. The fraction of sp³-hybridized carbons (Fsp3) is 0.364. The molecule has 0 unspecified atom stereocenters. The number of nitrogens with one attached hydrogen (secondary N) is 1. The van der Waals surface area contributed by atoms with Crippen LogP contribution >= 0.6 is 23.2 Å². The lowest BCUT2D eigenvalue weighted by atomic mass is 9.97. The van der Waals surface area contributed by atoms with Crippen molar-refractivity contribution in [3.8, 4) is 0 Å². The predicted molar refractivity (Wildman–Crippen MR) is 124 cm³/mol. The molecule has 0 atom stereocenters. The summed E-state index contributed by atoms with van der Waals surface area (Å²) < 4.78 is 31.9. The Morgan fingerprint density at radius 2 is 1.81 bits per heavy atom. The monoisotopic (exact) mass is 498 g/mol. The van der Waals surface area contributed by atoms with Gasteiger partial charge in [-0.2, -0.15) is 0 Å². The van der Waals surface area contributed by atoms with Crippen LogP contribution in [0.1, 0.15) is 35.7 Å². The Morgan fingerprint density at radius 1 is 1.09 bits per heavy atom. The Hall–Kier alpha value is -2.13. The number of ether oxygens (including phenoxy) is 1. The Labute approximate surface area is 197 Å². The standard InChI is InChI=1S/C22H24Cl2N2O5S/c1-2-31-22(28)17-4-3-5-18(13-17)25-21(27)16-8-10-26(11-9-16)32(29,30)14-15-6-7-19(23)20(24)12-15/h3-7,12-13,16H,2,8-11,14H2,1H3,(H,25,27). The number of sulfonamides is 1. The van der Waals surface area contributed by atoms with Crippen LogP contribution < -0.4 is 5.32 Å². The number of carbonyl (C=O) groups excluding carboxylic acids is 2. The summed E-state index contributed by atoms with van der Waals surface area (Å²) in [6, 6.07) is 11.3. The molecule has 2 aromatic rings. The minimum atomic E-state index is -3.55. The maximum absolute atomic E-state index is 12.8. The molecule has 3 rings (SSSR count). The summed E-state index contributed by atoms with van der Waals surface area (Å²) in [5.41, 5.74) is 1.41. The summed E-state index contributed by atoms with van der Waals surface area (Å²) in [5, 5.41) is 3.49. The number of hydrogen-bond acceptors (Lipinski definition) is 5. The molecule has 2 aromatic carbocycles. The first-order valence-corrected chi connectivity index (χ1v) is 12.6. The van der Waals surface area contributed by atoms with Crippen molar-refractivity contribution in [1.82, 2.24) is 4.31 Å². The van der Waals surface area contributed by atoms with Gasteiger partial charge in [-0.15, -0.1) is 0 Å². The minimum Gasteiger partial charge on any atom is -0.462 e. The Bertz CT molecular complexity index is 1100. The normalized spacial score (nSPS) is 15.3. The smallest absolute Gasteiger partial charge is 0.338 e. The maximum atomic E-state index is 12.8. The summed E-state index contributed by atoms with van der Waals surface area (Å²) in [7, 11) is -3.55. The largest absolute Gasteiger partial charge is 0.462 e. The number of amides is 1. The van der Waals surface area contributed by atoms with Crippen LogP contribution in [0.3, 0.4) is 0 Å². The molecule has 7 nitrogen and oxygen atoms in total. The predicted octanol–water partition coefficient (Wildman–Crippen LogP) is 4.35. The van der Waals surface area contributed by atoms with Crippen LogP contribution in [-0.2, 0) is 25.3 Å². The minimum absolute atomic E-state index is 0.179. The highest BCUT2D eigenvalue weighted by Gasteiger charge is 2.31. The quantitative estimate of drug-likeness (QED) is 0.572. The first-order chi connectivity index (χ1) is 15.2. The van der Waals surface area contributed by atoms with Gasteiger partial charge in [-0.1, -0.05) is 35.3 Å². The van der Waals surface area contributed by atoms with Crippen LogP contribution in [0.4, 0.5) is 5.69 Å². The van der Waals surface area contributed by atoms with E-state index in [1.807, 2.05) is 0 Å². The molecule has 1 aliphatic rings. The summed E-state index contributed by atoms with van der Waals surface area (Å²) in [6.07, 6.45) is 0.814. The van der Waals surface area contributed by atoms with Gasteiger partial charge in [0.2, 0.25) is 15.9 Å². The second-order valence-corrected chi connectivity index (χ2v) is 10.3. The zero-order valence-electron chi connectivity index (χ0n) is 17.5. The SMILES string of the molecule is CCOC(=O)c1cccc(NC(=O)C2CCN(S(=O)(=O)Cc3ccc(Cl)c(Cl)c3)CC2)c1. The van der Waals surface area contributed by atoms with Gasteiger partial charge in [0.1, 0.15) is 0 Å². The lowest BCUT2D eigenvalue weighted by Gasteiger charge is -2.30. The fourth-order valence-electron chi connectivity index (χ4n) is 3.51. The number of benzene rings is 2. The molecular formula is C22H24Cl2N2O5S. The molecule has 10 heteroatoms. The topological polar surface area (TPSA) is 92.8 Å². The maximum Gasteiger partial charge on any atom is 0.338 e. The van der Waals surface area contributed by atoms with Crippen molar-refractivity contribution in [2.75, 3.05) is 25.0 Å². The van der Waals surface area contributed by atoms with Crippen molar-refractivity contribution in [1.29, 1.82) is 0 Å². The molecule has 1 saturated heterocycles. The summed E-state index contributed by atoms with van der Waals surface area (Å²) >= 11 is 11.9. The molecule has 0 radical (unpaired) electrons. The number of halogens is 2. The van der Waals surface area contributed by atoms with E-state index in [4.69, 9.17) is 27.9 Å². The van der Waals surface area contributed by atoms with E-state index in [0.717, 1.165) is 0 Å². The summed E-state index contributed by atoms with van der Waals surface area (Å²) in [5.74, 6) is -1.16. The van der Waals surface area contributed by atoms with Gasteiger partial charge in [-0.25, -0.2) is 17.5 Å². The van der Waals surface area contributed by atoms with Gasteiger partial charge >= 0.3 is 5.97 Å². The van der Waals surface area contributed by atoms with E-state index in [0.29, 0.717) is 39.7 Å². The average Bonchev–Trinajstić information content (AvgIpc) is 2.76. The number of piperidine rings is 1. The third-order valence-electron chi connectivity index (χ3n) is 5.19. The zero-order valence-corrected chi connectivity index (χ0v) is 19.8. The Morgan fingerprint density at radius 3 is 2.47 bits per heavy atom. The summed E-state index contributed by atoms with van der Waals surface area (Å²) in [4.78, 5) is 24.5. The van der Waals surface area contributed by atoms with Crippen LogP contribution in [0.2, 0.25) is 10.0 Å². The number of carbonyl (C=O) groups is 2. The van der Waals surface area contributed by atoms with E-state index >= 15 is 0 Å². The van der Waals surface area contributed by atoms with E-state index in [9.17, 15) is 18.0 Å². The molecule has 1 heterocycles. The van der Waals surface area contributed by atoms with Crippen molar-refractivity contribution in [3.63, 3.8) is 0 Å². The van der Waals surface area contributed by atoms with Crippen LogP contribution in [-0.4, -0.2) is 44.3 Å². The molecule has 1 N–H and O–H groups in total. The molecule has 1 fully saturated rings. The van der Waals surface area contributed by atoms with E-state index in [-0.39, 0.29) is 37.3 Å². The van der Waals surface area contributed by atoms with Crippen molar-refractivity contribution in [3.05, 3.63) is 63.6 Å². The van der Waals surface area contributed by atoms with E-state index in [2.05, 4.69) is 5.32 Å². The molecule has 0 aromatic heterocycles. The van der Waals surface area contributed by atoms with Gasteiger partial charge in [-0.05, 0) is 55.7 Å². The number of anilines is 1. The fourth-order valence-corrected chi connectivity index (χ4v) is 5.38. The van der Waals surface area contributed by atoms with Gasteiger partial charge in [0, 0.05) is 24.7 Å². The molecule has 0 saturated carbocycles. The molecule has 1 aliphatic heterocycles. The third kappa shape index (κ3) is 6.22. The molecule has 172 valence electrons. The van der Waals surface area contributed by atoms with Crippen LogP contribution in [0.15, 0.2) is 42.5 Å². The second-order valence-electron chi connectivity index (χ2n) is 7.47. The molecule has 32 heavy (non-hydrogen) atoms. The van der Waals surface area contributed by atoms with Gasteiger partial charge < -0.3 is 10.1 Å². The first-order valence-electron chi connectivity index (χ1n) is 10.2. The zero-order chi connectivity index (χ0) is 23.3. The number of rotatable bonds is 7. The Kier molecular flexibility index (Phi) is 8.16. The molecule has 0 bridgehead atoms. The first kappa shape index (κ1) is 24.5. The van der Waals surface area contributed by atoms with Crippen molar-refractivity contribution >= 4 is 50.8 Å². The van der Waals surface area contributed by atoms with E-state index in [1.165, 1.54) is 4.31 Å². The van der Waals surface area contributed by atoms with Gasteiger partial charge in [0.15, 0.2) is 0 Å². The number of hydrogen-bond donors (Lipinski definition) is 1. The van der Waals surface area contributed by atoms with Gasteiger partial charge in [-0.3, -0.25) is 4.79 Å². The van der Waals surface area contributed by atoms with Crippen molar-refractivity contribution < 1.29 is 22.7 Å². The molecular weight excluding hydrogens is 475 g/mol. The summed E-state index contributed by atoms with van der Waals surface area (Å²) in [6.45, 7) is 2.50.